The summed E-state index contributed by atoms with van der Waals surface area (Å²) in [5, 5.41) is 3.83. The van der Waals surface area contributed by atoms with Gasteiger partial charge in [-0.2, -0.15) is 0 Å². The topological polar surface area (TPSA) is 60.3 Å². The molecule has 1 aromatic heterocycles. The van der Waals surface area contributed by atoms with Gasteiger partial charge in [0.25, 0.3) is 5.91 Å². The van der Waals surface area contributed by atoms with Crippen LogP contribution in [0, 0.1) is 0 Å². The highest BCUT2D eigenvalue weighted by atomic mass is 16.5. The molecular weight excluding hydrogens is 316 g/mol. The number of carbonyl (C=O) groups is 2. The molecule has 0 saturated carbocycles. The lowest BCUT2D eigenvalue weighted by molar-refractivity contribution is -0.140. The summed E-state index contributed by atoms with van der Waals surface area (Å²) in [5.74, 6) is -0.536. The van der Waals surface area contributed by atoms with E-state index in [1.54, 1.807) is 6.07 Å². The SMILES string of the molecule is COC(=O)CCNC(=O)c1ccc2ccn(Cc3ccccc3)c2c1. The molecule has 0 aliphatic heterocycles. The number of hydrogen-bond donors (Lipinski definition) is 1. The van der Waals surface area contributed by atoms with Crippen molar-refractivity contribution in [1.29, 1.82) is 0 Å². The van der Waals surface area contributed by atoms with Crippen LogP contribution in [0.1, 0.15) is 22.3 Å². The molecule has 0 spiro atoms. The Morgan fingerprint density at radius 2 is 1.88 bits per heavy atom. The molecular formula is C20H20N2O3. The van der Waals surface area contributed by atoms with Crippen molar-refractivity contribution in [2.45, 2.75) is 13.0 Å². The van der Waals surface area contributed by atoms with Crippen LogP contribution >= 0.6 is 0 Å². The van der Waals surface area contributed by atoms with E-state index < -0.39 is 0 Å². The van der Waals surface area contributed by atoms with Gasteiger partial charge in [-0.1, -0.05) is 36.4 Å². The molecule has 3 aromatic rings. The van der Waals surface area contributed by atoms with E-state index in [4.69, 9.17) is 0 Å². The molecule has 0 atom stereocenters. The zero-order valence-corrected chi connectivity index (χ0v) is 14.1. The van der Waals surface area contributed by atoms with E-state index in [0.717, 1.165) is 17.4 Å². The Hall–Kier alpha value is -3.08. The van der Waals surface area contributed by atoms with Crippen LogP contribution in [0.2, 0.25) is 0 Å². The molecule has 0 aliphatic rings. The fourth-order valence-corrected chi connectivity index (χ4v) is 2.73. The summed E-state index contributed by atoms with van der Waals surface area (Å²) < 4.78 is 6.68. The van der Waals surface area contributed by atoms with E-state index in [9.17, 15) is 9.59 Å². The summed E-state index contributed by atoms with van der Waals surface area (Å²) in [7, 11) is 1.33. The first kappa shape index (κ1) is 16.8. The molecule has 0 unspecified atom stereocenters. The molecule has 1 amide bonds. The van der Waals surface area contributed by atoms with Crippen LogP contribution in [0.5, 0.6) is 0 Å². The number of nitrogens with zero attached hydrogens (tertiary/aromatic N) is 1. The summed E-state index contributed by atoms with van der Waals surface area (Å²) in [4.78, 5) is 23.4. The van der Waals surface area contributed by atoms with E-state index >= 15 is 0 Å². The van der Waals surface area contributed by atoms with Crippen molar-refractivity contribution in [1.82, 2.24) is 9.88 Å². The van der Waals surface area contributed by atoms with Crippen LogP contribution in [0.4, 0.5) is 0 Å². The molecule has 5 nitrogen and oxygen atoms in total. The van der Waals surface area contributed by atoms with Crippen LogP contribution in [0.3, 0.4) is 0 Å². The molecule has 3 rings (SSSR count). The van der Waals surface area contributed by atoms with Gasteiger partial charge >= 0.3 is 5.97 Å². The Morgan fingerprint density at radius 1 is 1.08 bits per heavy atom. The summed E-state index contributed by atoms with van der Waals surface area (Å²) in [6.07, 6.45) is 2.19. The van der Waals surface area contributed by atoms with Crippen molar-refractivity contribution in [2.75, 3.05) is 13.7 Å². The number of rotatable bonds is 6. The molecule has 0 saturated heterocycles. The molecule has 1 N–H and O–H groups in total. The highest BCUT2D eigenvalue weighted by Crippen LogP contribution is 2.19. The fourth-order valence-electron chi connectivity index (χ4n) is 2.73. The van der Waals surface area contributed by atoms with Crippen molar-refractivity contribution in [2.24, 2.45) is 0 Å². The van der Waals surface area contributed by atoms with Crippen molar-refractivity contribution in [3.05, 3.63) is 71.9 Å². The maximum Gasteiger partial charge on any atom is 0.307 e. The van der Waals surface area contributed by atoms with Gasteiger partial charge in [0.2, 0.25) is 0 Å². The van der Waals surface area contributed by atoms with Gasteiger partial charge in [-0.3, -0.25) is 9.59 Å². The second-order valence-corrected chi connectivity index (χ2v) is 5.78. The third-order valence-electron chi connectivity index (χ3n) is 4.07. The minimum Gasteiger partial charge on any atom is -0.469 e. The molecule has 25 heavy (non-hydrogen) atoms. The fraction of sp³-hybridized carbons (Fsp3) is 0.200. The quantitative estimate of drug-likeness (QED) is 0.704. The number of aromatic nitrogens is 1. The van der Waals surface area contributed by atoms with Gasteiger partial charge in [0.05, 0.1) is 13.5 Å². The van der Waals surface area contributed by atoms with E-state index in [1.807, 2.05) is 42.6 Å². The Bertz CT molecular complexity index is 884. The van der Waals surface area contributed by atoms with Crippen molar-refractivity contribution < 1.29 is 14.3 Å². The van der Waals surface area contributed by atoms with Gasteiger partial charge in [0.15, 0.2) is 0 Å². The van der Waals surface area contributed by atoms with Gasteiger partial charge in [0, 0.05) is 30.4 Å². The average molecular weight is 336 g/mol. The second-order valence-electron chi connectivity index (χ2n) is 5.78. The number of nitrogens with one attached hydrogen (secondary N) is 1. The third kappa shape index (κ3) is 4.07. The first-order valence-corrected chi connectivity index (χ1v) is 8.15. The number of methoxy groups -OCH3 is 1. The van der Waals surface area contributed by atoms with Gasteiger partial charge in [0.1, 0.15) is 0 Å². The molecule has 0 aliphatic carbocycles. The van der Waals surface area contributed by atoms with Crippen LogP contribution in [0.15, 0.2) is 60.8 Å². The predicted octanol–water partition coefficient (Wildman–Crippen LogP) is 2.98. The number of carbonyl (C=O) groups excluding carboxylic acids is 2. The molecule has 0 radical (unpaired) electrons. The second kappa shape index (κ2) is 7.66. The largest absolute Gasteiger partial charge is 0.469 e. The molecule has 2 aromatic carbocycles. The van der Waals surface area contributed by atoms with E-state index in [2.05, 4.69) is 26.8 Å². The van der Waals surface area contributed by atoms with Crippen LogP contribution in [0.25, 0.3) is 10.9 Å². The van der Waals surface area contributed by atoms with E-state index in [-0.39, 0.29) is 24.8 Å². The number of fused-ring (bicyclic) bond motifs is 1. The normalized spacial score (nSPS) is 10.6. The molecule has 0 bridgehead atoms. The van der Waals surface area contributed by atoms with Crippen LogP contribution in [-0.2, 0) is 16.1 Å². The van der Waals surface area contributed by atoms with Crippen molar-refractivity contribution in [3.8, 4) is 0 Å². The standard InChI is InChI=1S/C20H20N2O3/c1-25-19(23)9-11-21-20(24)17-8-7-16-10-12-22(18(16)13-17)14-15-5-3-2-4-6-15/h2-8,10,12-13H,9,11,14H2,1H3,(H,21,24). The van der Waals surface area contributed by atoms with Crippen LogP contribution < -0.4 is 5.32 Å². The zero-order valence-electron chi connectivity index (χ0n) is 14.1. The predicted molar refractivity (Wildman–Crippen MR) is 96.4 cm³/mol. The highest BCUT2D eigenvalue weighted by molar-refractivity contribution is 5.98. The molecule has 0 fully saturated rings. The maximum atomic E-state index is 12.3. The van der Waals surface area contributed by atoms with Gasteiger partial charge < -0.3 is 14.6 Å². The Morgan fingerprint density at radius 3 is 2.64 bits per heavy atom. The first-order chi connectivity index (χ1) is 12.2. The third-order valence-corrected chi connectivity index (χ3v) is 4.07. The van der Waals surface area contributed by atoms with Gasteiger partial charge in [-0.25, -0.2) is 0 Å². The number of hydrogen-bond acceptors (Lipinski definition) is 3. The minimum absolute atomic E-state index is 0.162. The summed E-state index contributed by atoms with van der Waals surface area (Å²) in [6, 6.07) is 17.8. The maximum absolute atomic E-state index is 12.3. The molecule has 5 heteroatoms. The number of esters is 1. The van der Waals surface area contributed by atoms with Gasteiger partial charge in [-0.15, -0.1) is 0 Å². The lowest BCUT2D eigenvalue weighted by atomic mass is 10.1. The van der Waals surface area contributed by atoms with E-state index in [1.165, 1.54) is 12.7 Å². The Balaban J connectivity index is 1.75. The van der Waals surface area contributed by atoms with E-state index in [0.29, 0.717) is 5.56 Å². The Kier molecular flexibility index (Phi) is 5.14. The van der Waals surface area contributed by atoms with Crippen molar-refractivity contribution in [3.63, 3.8) is 0 Å². The molecule has 1 heterocycles. The number of benzene rings is 2. The lowest BCUT2D eigenvalue weighted by Crippen LogP contribution is -2.26. The van der Waals surface area contributed by atoms with Gasteiger partial charge in [-0.05, 0) is 29.1 Å². The monoisotopic (exact) mass is 336 g/mol. The lowest BCUT2D eigenvalue weighted by Gasteiger charge is -2.08. The minimum atomic E-state index is -0.340. The number of ether oxygens (including phenoxy) is 1. The smallest absolute Gasteiger partial charge is 0.307 e. The Labute approximate surface area is 146 Å². The van der Waals surface area contributed by atoms with Crippen molar-refractivity contribution >= 4 is 22.8 Å². The molecule has 128 valence electrons. The van der Waals surface area contributed by atoms with Crippen LogP contribution in [-0.4, -0.2) is 30.1 Å². The first-order valence-electron chi connectivity index (χ1n) is 8.15. The highest BCUT2D eigenvalue weighted by Gasteiger charge is 2.09. The number of amides is 1. The summed E-state index contributed by atoms with van der Waals surface area (Å²) in [6.45, 7) is 1.01. The average Bonchev–Trinajstić information content (AvgIpc) is 3.04. The zero-order chi connectivity index (χ0) is 17.6. The summed E-state index contributed by atoms with van der Waals surface area (Å²) in [5.41, 5.74) is 2.78. The summed E-state index contributed by atoms with van der Waals surface area (Å²) >= 11 is 0.